The van der Waals surface area contributed by atoms with Gasteiger partial charge in [-0.25, -0.2) is 4.98 Å². The number of fused-ring (bicyclic) bond motifs is 2. The summed E-state index contributed by atoms with van der Waals surface area (Å²) >= 11 is 1.59. The highest BCUT2D eigenvalue weighted by atomic mass is 35.5. The van der Waals surface area contributed by atoms with Gasteiger partial charge in [0.15, 0.2) is 16.6 Å². The number of anilines is 1. The lowest BCUT2D eigenvalue weighted by molar-refractivity contribution is -0.118. The van der Waals surface area contributed by atoms with Gasteiger partial charge in [0, 0.05) is 13.1 Å². The van der Waals surface area contributed by atoms with Gasteiger partial charge in [0.05, 0.1) is 16.6 Å². The van der Waals surface area contributed by atoms with Crippen LogP contribution >= 0.6 is 23.7 Å². The lowest BCUT2D eigenvalue weighted by atomic mass is 10.1. The van der Waals surface area contributed by atoms with Crippen LogP contribution in [0.15, 0.2) is 36.4 Å². The van der Waals surface area contributed by atoms with Crippen molar-refractivity contribution in [2.45, 2.75) is 33.6 Å². The maximum atomic E-state index is 13.4. The van der Waals surface area contributed by atoms with Crippen molar-refractivity contribution in [1.82, 2.24) is 9.88 Å². The summed E-state index contributed by atoms with van der Waals surface area (Å²) < 4.78 is 12.0. The molecule has 0 spiro atoms. The van der Waals surface area contributed by atoms with Gasteiger partial charge in [-0.2, -0.15) is 0 Å². The third-order valence-electron chi connectivity index (χ3n) is 5.71. The number of amides is 1. The van der Waals surface area contributed by atoms with Crippen LogP contribution < -0.4 is 14.4 Å². The molecule has 3 aromatic rings. The molecule has 1 amide bonds. The first-order valence-electron chi connectivity index (χ1n) is 10.9. The summed E-state index contributed by atoms with van der Waals surface area (Å²) in [5.74, 6) is 1.47. The highest BCUT2D eigenvalue weighted by Gasteiger charge is 2.22. The normalized spacial score (nSPS) is 12.2. The quantitative estimate of drug-likeness (QED) is 0.439. The van der Waals surface area contributed by atoms with Crippen molar-refractivity contribution in [3.05, 3.63) is 47.5 Å². The number of ether oxygens (including phenoxy) is 2. The van der Waals surface area contributed by atoms with E-state index < -0.39 is 0 Å². The standard InChI is InChI=1S/C24H29N3O3S.ClH/c1-4-17-7-9-19-22(14-17)31-24(25-19)27(12-11-26(5-2)6-3)23(28)15-18-8-10-20-21(13-18)30-16-29-20;/h7-10,13-14H,4-6,11-12,15-16H2,1-3H3;1H. The molecular formula is C24H30ClN3O3S. The fraction of sp³-hybridized carbons (Fsp3) is 0.417. The molecule has 0 N–H and O–H groups in total. The number of halogens is 1. The van der Waals surface area contributed by atoms with Crippen LogP contribution in [-0.2, 0) is 17.6 Å². The molecular weight excluding hydrogens is 446 g/mol. The summed E-state index contributed by atoms with van der Waals surface area (Å²) in [7, 11) is 0. The first-order valence-corrected chi connectivity index (χ1v) is 11.7. The van der Waals surface area contributed by atoms with Crippen LogP contribution in [0.1, 0.15) is 31.9 Å². The van der Waals surface area contributed by atoms with E-state index >= 15 is 0 Å². The number of carbonyl (C=O) groups is 1. The molecule has 8 heteroatoms. The largest absolute Gasteiger partial charge is 0.454 e. The van der Waals surface area contributed by atoms with E-state index in [1.165, 1.54) is 5.56 Å². The number of aryl methyl sites for hydroxylation is 1. The van der Waals surface area contributed by atoms with Crippen molar-refractivity contribution in [1.29, 1.82) is 0 Å². The number of thiazole rings is 1. The smallest absolute Gasteiger partial charge is 0.233 e. The molecule has 32 heavy (non-hydrogen) atoms. The molecule has 2 heterocycles. The van der Waals surface area contributed by atoms with Crippen LogP contribution in [0.2, 0.25) is 0 Å². The van der Waals surface area contributed by atoms with Crippen molar-refractivity contribution < 1.29 is 14.3 Å². The monoisotopic (exact) mass is 475 g/mol. The summed E-state index contributed by atoms with van der Waals surface area (Å²) in [6, 6.07) is 12.0. The molecule has 0 fully saturated rings. The summed E-state index contributed by atoms with van der Waals surface area (Å²) in [6.07, 6.45) is 1.28. The Morgan fingerprint density at radius 2 is 1.75 bits per heavy atom. The number of hydrogen-bond donors (Lipinski definition) is 0. The van der Waals surface area contributed by atoms with Crippen LogP contribution in [0.3, 0.4) is 0 Å². The molecule has 0 radical (unpaired) electrons. The Morgan fingerprint density at radius 3 is 2.50 bits per heavy atom. The Balaban J connectivity index is 0.00000289. The minimum atomic E-state index is 0. The number of likely N-dealkylation sites (N-methyl/N-ethyl adjacent to an activating group) is 1. The molecule has 172 valence electrons. The summed E-state index contributed by atoms with van der Waals surface area (Å²) in [6.45, 7) is 10.0. The van der Waals surface area contributed by atoms with E-state index in [1.54, 1.807) is 11.3 Å². The highest BCUT2D eigenvalue weighted by Crippen LogP contribution is 2.33. The van der Waals surface area contributed by atoms with Gasteiger partial charge in [0.25, 0.3) is 0 Å². The van der Waals surface area contributed by atoms with Gasteiger partial charge >= 0.3 is 0 Å². The van der Waals surface area contributed by atoms with Crippen molar-refractivity contribution >= 4 is 45.0 Å². The fourth-order valence-electron chi connectivity index (χ4n) is 3.72. The van der Waals surface area contributed by atoms with Gasteiger partial charge < -0.3 is 14.4 Å². The third-order valence-corrected chi connectivity index (χ3v) is 6.75. The number of aromatic nitrogens is 1. The van der Waals surface area contributed by atoms with E-state index in [-0.39, 0.29) is 25.1 Å². The van der Waals surface area contributed by atoms with Gasteiger partial charge in [-0.15, -0.1) is 12.4 Å². The Labute approximate surface area is 199 Å². The predicted molar refractivity (Wildman–Crippen MR) is 133 cm³/mol. The van der Waals surface area contributed by atoms with E-state index in [2.05, 4.69) is 43.9 Å². The van der Waals surface area contributed by atoms with Crippen LogP contribution in [-0.4, -0.2) is 48.8 Å². The second kappa shape index (κ2) is 11.0. The number of rotatable bonds is 9. The Bertz CT molecular complexity index is 1070. The highest BCUT2D eigenvalue weighted by molar-refractivity contribution is 7.22. The minimum Gasteiger partial charge on any atom is -0.454 e. The molecule has 6 nitrogen and oxygen atoms in total. The molecule has 1 aliphatic rings. The average Bonchev–Trinajstić information content (AvgIpc) is 3.42. The SMILES string of the molecule is CCc1ccc2nc(N(CCN(CC)CC)C(=O)Cc3ccc4c(c3)OCO4)sc2c1.Cl. The van der Waals surface area contributed by atoms with Crippen LogP contribution in [0.4, 0.5) is 5.13 Å². The van der Waals surface area contributed by atoms with E-state index in [4.69, 9.17) is 14.5 Å². The second-order valence-electron chi connectivity index (χ2n) is 7.59. The fourth-order valence-corrected chi connectivity index (χ4v) is 4.79. The molecule has 0 bridgehead atoms. The van der Waals surface area contributed by atoms with E-state index in [0.29, 0.717) is 18.7 Å². The zero-order valence-electron chi connectivity index (χ0n) is 18.8. The van der Waals surface area contributed by atoms with Gasteiger partial charge in [-0.1, -0.05) is 44.2 Å². The van der Waals surface area contributed by atoms with Gasteiger partial charge in [-0.3, -0.25) is 9.69 Å². The minimum absolute atomic E-state index is 0. The third kappa shape index (κ3) is 5.34. The van der Waals surface area contributed by atoms with Crippen LogP contribution in [0.25, 0.3) is 10.2 Å². The zero-order chi connectivity index (χ0) is 21.8. The van der Waals surface area contributed by atoms with Crippen LogP contribution in [0.5, 0.6) is 11.5 Å². The average molecular weight is 476 g/mol. The van der Waals surface area contributed by atoms with Crippen LogP contribution in [0, 0.1) is 0 Å². The molecule has 2 aromatic carbocycles. The summed E-state index contributed by atoms with van der Waals surface area (Å²) in [5.41, 5.74) is 3.14. The van der Waals surface area contributed by atoms with Gasteiger partial charge in [-0.05, 0) is 54.9 Å². The van der Waals surface area contributed by atoms with Gasteiger partial charge in [0.1, 0.15) is 0 Å². The maximum Gasteiger partial charge on any atom is 0.233 e. The van der Waals surface area contributed by atoms with Crippen molar-refractivity contribution in [3.8, 4) is 11.5 Å². The molecule has 0 atom stereocenters. The summed E-state index contributed by atoms with van der Waals surface area (Å²) in [5, 5.41) is 0.765. The maximum absolute atomic E-state index is 13.4. The lowest BCUT2D eigenvalue weighted by Gasteiger charge is -2.24. The second-order valence-corrected chi connectivity index (χ2v) is 8.60. The van der Waals surface area contributed by atoms with E-state index in [1.807, 2.05) is 23.1 Å². The molecule has 0 aliphatic carbocycles. The van der Waals surface area contributed by atoms with Crippen molar-refractivity contribution in [3.63, 3.8) is 0 Å². The number of benzene rings is 2. The number of hydrogen-bond acceptors (Lipinski definition) is 6. The summed E-state index contributed by atoms with van der Waals surface area (Å²) in [4.78, 5) is 22.4. The van der Waals surface area contributed by atoms with E-state index in [0.717, 1.165) is 52.7 Å². The Kier molecular flexibility index (Phi) is 8.34. The Hall–Kier alpha value is -2.35. The molecule has 1 aromatic heterocycles. The predicted octanol–water partition coefficient (Wildman–Crippen LogP) is 4.93. The zero-order valence-corrected chi connectivity index (χ0v) is 20.4. The first kappa shape index (κ1) is 24.3. The number of nitrogens with zero attached hydrogens (tertiary/aromatic N) is 3. The molecule has 4 rings (SSSR count). The molecule has 1 aliphatic heterocycles. The Morgan fingerprint density at radius 1 is 1.00 bits per heavy atom. The lowest BCUT2D eigenvalue weighted by Crippen LogP contribution is -2.39. The molecule has 0 saturated heterocycles. The first-order chi connectivity index (χ1) is 15.1. The van der Waals surface area contributed by atoms with Gasteiger partial charge in [0.2, 0.25) is 12.7 Å². The number of carbonyl (C=O) groups excluding carboxylic acids is 1. The molecule has 0 unspecified atom stereocenters. The topological polar surface area (TPSA) is 54.9 Å². The molecule has 0 saturated carbocycles. The van der Waals surface area contributed by atoms with Crippen molar-refractivity contribution in [2.75, 3.05) is 37.9 Å². The van der Waals surface area contributed by atoms with E-state index in [9.17, 15) is 4.79 Å². The van der Waals surface area contributed by atoms with Crippen molar-refractivity contribution in [2.24, 2.45) is 0 Å².